The highest BCUT2D eigenvalue weighted by Gasteiger charge is 2.35. The van der Waals surface area contributed by atoms with Gasteiger partial charge in [0.2, 0.25) is 0 Å². The predicted octanol–water partition coefficient (Wildman–Crippen LogP) is -2.19. The number of rotatable bonds is 3. The molecule has 1 aliphatic heterocycles. The van der Waals surface area contributed by atoms with Crippen LogP contribution in [0.5, 0.6) is 0 Å². The van der Waals surface area contributed by atoms with E-state index in [4.69, 9.17) is 10.2 Å². The molecule has 4 atom stereocenters. The molecular formula is C8H17NO4. The van der Waals surface area contributed by atoms with Crippen molar-refractivity contribution in [1.82, 2.24) is 5.32 Å². The average molecular weight is 191 g/mol. The van der Waals surface area contributed by atoms with Crippen LogP contribution in [-0.2, 0) is 0 Å². The highest BCUT2D eigenvalue weighted by atomic mass is 16.4. The Morgan fingerprint density at radius 3 is 2.46 bits per heavy atom. The smallest absolute Gasteiger partial charge is 0.108 e. The van der Waals surface area contributed by atoms with Crippen molar-refractivity contribution < 1.29 is 20.4 Å². The van der Waals surface area contributed by atoms with Crippen LogP contribution in [0.1, 0.15) is 12.8 Å². The van der Waals surface area contributed by atoms with Crippen LogP contribution in [0.3, 0.4) is 0 Å². The third-order valence-corrected chi connectivity index (χ3v) is 2.42. The topological polar surface area (TPSA) is 93.0 Å². The van der Waals surface area contributed by atoms with Crippen LogP contribution in [-0.4, -0.2) is 57.9 Å². The van der Waals surface area contributed by atoms with E-state index in [2.05, 4.69) is 5.32 Å². The Hall–Kier alpha value is -0.200. The van der Waals surface area contributed by atoms with E-state index in [1.165, 1.54) is 0 Å². The van der Waals surface area contributed by atoms with Crippen LogP contribution in [0.2, 0.25) is 0 Å². The number of β-amino-alcohol motifs (C(OH)–C–C–N with tert-alkyl or cyclic N) is 1. The van der Waals surface area contributed by atoms with Gasteiger partial charge in [0.15, 0.2) is 0 Å². The van der Waals surface area contributed by atoms with Crippen molar-refractivity contribution in [3.8, 4) is 0 Å². The molecule has 1 aliphatic rings. The fourth-order valence-electron chi connectivity index (χ4n) is 1.56. The predicted molar refractivity (Wildman–Crippen MR) is 46.1 cm³/mol. The van der Waals surface area contributed by atoms with Gasteiger partial charge in [-0.2, -0.15) is 0 Å². The fraction of sp³-hybridized carbons (Fsp3) is 1.00. The summed E-state index contributed by atoms with van der Waals surface area (Å²) in [6.45, 7) is 0.359. The summed E-state index contributed by atoms with van der Waals surface area (Å²) in [5.74, 6) is 0. The number of aliphatic hydroxyl groups is 4. The third kappa shape index (κ3) is 2.62. The first kappa shape index (κ1) is 10.9. The maximum absolute atomic E-state index is 9.48. The van der Waals surface area contributed by atoms with Crippen molar-refractivity contribution in [2.24, 2.45) is 0 Å². The SMILES string of the molecule is OCCC[C@H]1NC[C@H](O)[C@H](O)[C@H]1O. The summed E-state index contributed by atoms with van der Waals surface area (Å²) in [5, 5.41) is 39.5. The largest absolute Gasteiger partial charge is 0.396 e. The van der Waals surface area contributed by atoms with Crippen molar-refractivity contribution in [1.29, 1.82) is 0 Å². The maximum Gasteiger partial charge on any atom is 0.108 e. The molecule has 0 amide bonds. The van der Waals surface area contributed by atoms with Gasteiger partial charge in [0.25, 0.3) is 0 Å². The Balaban J connectivity index is 2.39. The monoisotopic (exact) mass is 191 g/mol. The number of hydrogen-bond acceptors (Lipinski definition) is 5. The summed E-state index contributed by atoms with van der Waals surface area (Å²) in [7, 11) is 0. The van der Waals surface area contributed by atoms with Gasteiger partial charge in [0.1, 0.15) is 6.10 Å². The molecule has 5 heteroatoms. The molecule has 0 aliphatic carbocycles. The normalized spacial score (nSPS) is 40.6. The molecule has 13 heavy (non-hydrogen) atoms. The number of hydrogen-bond donors (Lipinski definition) is 5. The van der Waals surface area contributed by atoms with Crippen LogP contribution in [0.4, 0.5) is 0 Å². The minimum atomic E-state index is -1.08. The highest BCUT2D eigenvalue weighted by molar-refractivity contribution is 4.91. The average Bonchev–Trinajstić information content (AvgIpc) is 2.13. The van der Waals surface area contributed by atoms with Gasteiger partial charge >= 0.3 is 0 Å². The second-order valence-electron chi connectivity index (χ2n) is 3.43. The summed E-state index contributed by atoms with van der Waals surface area (Å²) in [4.78, 5) is 0. The van der Waals surface area contributed by atoms with Crippen molar-refractivity contribution >= 4 is 0 Å². The van der Waals surface area contributed by atoms with Crippen LogP contribution in [0.25, 0.3) is 0 Å². The van der Waals surface area contributed by atoms with Crippen molar-refractivity contribution in [2.45, 2.75) is 37.2 Å². The third-order valence-electron chi connectivity index (χ3n) is 2.42. The Morgan fingerprint density at radius 2 is 1.85 bits per heavy atom. The molecule has 1 fully saturated rings. The molecule has 0 aromatic heterocycles. The van der Waals surface area contributed by atoms with Gasteiger partial charge in [-0.1, -0.05) is 0 Å². The quantitative estimate of drug-likeness (QED) is 0.349. The molecule has 1 heterocycles. The van der Waals surface area contributed by atoms with Gasteiger partial charge in [-0.3, -0.25) is 0 Å². The molecule has 0 radical (unpaired) electrons. The van der Waals surface area contributed by atoms with E-state index < -0.39 is 18.3 Å². The zero-order valence-corrected chi connectivity index (χ0v) is 7.43. The molecular weight excluding hydrogens is 174 g/mol. The lowest BCUT2D eigenvalue weighted by molar-refractivity contribution is -0.0955. The molecule has 0 unspecified atom stereocenters. The second kappa shape index (κ2) is 4.88. The van der Waals surface area contributed by atoms with Crippen LogP contribution in [0.15, 0.2) is 0 Å². The Bertz CT molecular complexity index is 153. The van der Waals surface area contributed by atoms with E-state index in [0.29, 0.717) is 12.8 Å². The Morgan fingerprint density at radius 1 is 1.15 bits per heavy atom. The van der Waals surface area contributed by atoms with Crippen molar-refractivity contribution in [3.05, 3.63) is 0 Å². The van der Waals surface area contributed by atoms with E-state index in [1.807, 2.05) is 0 Å². The zero-order valence-electron chi connectivity index (χ0n) is 7.43. The van der Waals surface area contributed by atoms with Crippen LogP contribution in [0, 0.1) is 0 Å². The highest BCUT2D eigenvalue weighted by Crippen LogP contribution is 2.14. The first-order valence-corrected chi connectivity index (χ1v) is 4.55. The summed E-state index contributed by atoms with van der Waals surface area (Å²) >= 11 is 0. The van der Waals surface area contributed by atoms with Crippen LogP contribution >= 0.6 is 0 Å². The molecule has 0 spiro atoms. The molecule has 1 rings (SSSR count). The van der Waals surface area contributed by atoms with Gasteiger partial charge in [0, 0.05) is 19.2 Å². The summed E-state index contributed by atoms with van der Waals surface area (Å²) in [6, 6.07) is -0.231. The van der Waals surface area contributed by atoms with Crippen molar-refractivity contribution in [3.63, 3.8) is 0 Å². The van der Waals surface area contributed by atoms with E-state index in [-0.39, 0.29) is 19.2 Å². The molecule has 0 aromatic rings. The number of piperidine rings is 1. The van der Waals surface area contributed by atoms with Gasteiger partial charge in [0.05, 0.1) is 12.2 Å². The van der Waals surface area contributed by atoms with Gasteiger partial charge in [-0.25, -0.2) is 0 Å². The molecule has 5 N–H and O–H groups in total. The van der Waals surface area contributed by atoms with Crippen molar-refractivity contribution in [2.75, 3.05) is 13.2 Å². The molecule has 78 valence electrons. The zero-order chi connectivity index (χ0) is 9.84. The molecule has 1 saturated heterocycles. The summed E-state index contributed by atoms with van der Waals surface area (Å²) in [5.41, 5.74) is 0. The molecule has 0 aromatic carbocycles. The minimum Gasteiger partial charge on any atom is -0.396 e. The van der Waals surface area contributed by atoms with E-state index in [9.17, 15) is 10.2 Å². The van der Waals surface area contributed by atoms with Gasteiger partial charge in [-0.05, 0) is 12.8 Å². The lowest BCUT2D eigenvalue weighted by atomic mass is 9.93. The first-order valence-electron chi connectivity index (χ1n) is 4.55. The molecule has 5 nitrogen and oxygen atoms in total. The standard InChI is InChI=1S/C8H17NO4/c10-3-1-2-5-7(12)8(13)6(11)4-9-5/h5-13H,1-4H2/t5-,6+,7+,8+/m1/s1. The number of aliphatic hydroxyl groups excluding tert-OH is 4. The fourth-order valence-corrected chi connectivity index (χ4v) is 1.56. The lowest BCUT2D eigenvalue weighted by Crippen LogP contribution is -2.59. The van der Waals surface area contributed by atoms with E-state index in [1.54, 1.807) is 0 Å². The van der Waals surface area contributed by atoms with Gasteiger partial charge in [-0.15, -0.1) is 0 Å². The van der Waals surface area contributed by atoms with E-state index in [0.717, 1.165) is 0 Å². The van der Waals surface area contributed by atoms with Crippen LogP contribution < -0.4 is 5.32 Å². The maximum atomic E-state index is 9.48. The number of nitrogens with one attached hydrogen (secondary N) is 1. The van der Waals surface area contributed by atoms with Gasteiger partial charge < -0.3 is 25.7 Å². The minimum absolute atomic E-state index is 0.0730. The second-order valence-corrected chi connectivity index (χ2v) is 3.43. The molecule has 0 bridgehead atoms. The lowest BCUT2D eigenvalue weighted by Gasteiger charge is -2.36. The summed E-state index contributed by atoms with van der Waals surface area (Å²) in [6.07, 6.45) is -1.75. The Labute approximate surface area is 77.0 Å². The summed E-state index contributed by atoms with van der Waals surface area (Å²) < 4.78 is 0. The Kier molecular flexibility index (Phi) is 4.08. The molecule has 0 saturated carbocycles. The first-order chi connectivity index (χ1) is 6.16. The van der Waals surface area contributed by atoms with E-state index >= 15 is 0 Å².